The topological polar surface area (TPSA) is 95.9 Å². The molecule has 3 rings (SSSR count). The molecular formula is C24H43NO5. The van der Waals surface area contributed by atoms with Crippen molar-refractivity contribution in [2.75, 3.05) is 6.61 Å². The Morgan fingerprint density at radius 3 is 1.97 bits per heavy atom. The van der Waals surface area contributed by atoms with Crippen LogP contribution in [0.15, 0.2) is 0 Å². The SMILES string of the molecule is CC12CCC(C(OCCCCCCCCCCCC(C(=O)O)C(=O)O)C1)C(C)(C)N2. The maximum Gasteiger partial charge on any atom is 0.317 e. The average molecular weight is 426 g/mol. The number of hydrogen-bond donors (Lipinski definition) is 3. The Hall–Kier alpha value is -1.14. The van der Waals surface area contributed by atoms with Crippen LogP contribution in [0.5, 0.6) is 0 Å². The lowest BCUT2D eigenvalue weighted by Gasteiger charge is -2.58. The molecule has 3 aliphatic rings. The molecule has 2 aliphatic heterocycles. The first-order valence-corrected chi connectivity index (χ1v) is 12.0. The average Bonchev–Trinajstić information content (AvgIpc) is 2.63. The number of piperidine rings is 2. The van der Waals surface area contributed by atoms with Gasteiger partial charge in [-0.25, -0.2) is 0 Å². The van der Waals surface area contributed by atoms with Crippen LogP contribution in [0, 0.1) is 11.8 Å². The zero-order valence-corrected chi connectivity index (χ0v) is 19.3. The van der Waals surface area contributed by atoms with E-state index in [1.165, 1.54) is 38.5 Å². The van der Waals surface area contributed by atoms with E-state index in [1.54, 1.807) is 0 Å². The fourth-order valence-electron chi connectivity index (χ4n) is 5.61. The van der Waals surface area contributed by atoms with Crippen LogP contribution in [0.1, 0.15) is 104 Å². The summed E-state index contributed by atoms with van der Waals surface area (Å²) < 4.78 is 6.32. The summed E-state index contributed by atoms with van der Waals surface area (Å²) in [5.74, 6) is -3.07. The van der Waals surface area contributed by atoms with E-state index in [4.69, 9.17) is 14.9 Å². The molecule has 1 aliphatic carbocycles. The molecule has 6 nitrogen and oxygen atoms in total. The van der Waals surface area contributed by atoms with E-state index in [2.05, 4.69) is 26.1 Å². The minimum atomic E-state index is -1.25. The van der Waals surface area contributed by atoms with Crippen LogP contribution in [0.3, 0.4) is 0 Å². The Morgan fingerprint density at radius 1 is 0.933 bits per heavy atom. The number of carbonyl (C=O) groups is 2. The molecule has 0 aromatic rings. The largest absolute Gasteiger partial charge is 0.481 e. The Bertz CT molecular complexity index is 547. The van der Waals surface area contributed by atoms with Crippen molar-refractivity contribution in [1.82, 2.24) is 5.32 Å². The molecular weight excluding hydrogens is 382 g/mol. The van der Waals surface area contributed by atoms with Crippen molar-refractivity contribution in [3.63, 3.8) is 0 Å². The third kappa shape index (κ3) is 7.52. The molecule has 3 N–H and O–H groups in total. The first-order chi connectivity index (χ1) is 14.1. The molecule has 174 valence electrons. The molecule has 30 heavy (non-hydrogen) atoms. The minimum absolute atomic E-state index is 0.179. The third-order valence-electron chi connectivity index (χ3n) is 7.22. The van der Waals surface area contributed by atoms with Crippen LogP contribution in [0.25, 0.3) is 0 Å². The zero-order valence-electron chi connectivity index (χ0n) is 19.3. The highest BCUT2D eigenvalue weighted by molar-refractivity contribution is 5.92. The van der Waals surface area contributed by atoms with E-state index in [0.29, 0.717) is 18.4 Å². The van der Waals surface area contributed by atoms with Crippen molar-refractivity contribution in [2.45, 2.75) is 121 Å². The van der Waals surface area contributed by atoms with Gasteiger partial charge in [0, 0.05) is 23.6 Å². The number of rotatable bonds is 15. The Morgan fingerprint density at radius 2 is 1.47 bits per heavy atom. The maximum absolute atomic E-state index is 10.8. The summed E-state index contributed by atoms with van der Waals surface area (Å²) >= 11 is 0. The van der Waals surface area contributed by atoms with Gasteiger partial charge in [-0.05, 0) is 52.9 Å². The number of aliphatic carboxylic acids is 2. The van der Waals surface area contributed by atoms with E-state index in [-0.39, 0.29) is 17.5 Å². The van der Waals surface area contributed by atoms with Crippen molar-refractivity contribution in [1.29, 1.82) is 0 Å². The van der Waals surface area contributed by atoms with Crippen molar-refractivity contribution < 1.29 is 24.5 Å². The third-order valence-corrected chi connectivity index (χ3v) is 7.22. The van der Waals surface area contributed by atoms with Crippen molar-refractivity contribution in [2.24, 2.45) is 11.8 Å². The van der Waals surface area contributed by atoms with Gasteiger partial charge in [-0.2, -0.15) is 0 Å². The standard InChI is InChI=1S/C24H43NO5/c1-23(2)19-14-15-24(3,25-23)17-20(19)30-16-12-10-8-6-4-5-7-9-11-13-18(21(26)27)22(28)29/h18-20,25H,4-17H2,1-3H3,(H,26,27)(H,28,29). The second kappa shape index (κ2) is 11.5. The van der Waals surface area contributed by atoms with Crippen molar-refractivity contribution >= 4 is 11.9 Å². The minimum Gasteiger partial charge on any atom is -0.481 e. The number of hydrogen-bond acceptors (Lipinski definition) is 4. The first kappa shape index (κ1) is 25.1. The molecule has 2 heterocycles. The highest BCUT2D eigenvalue weighted by Gasteiger charge is 2.52. The first-order valence-electron chi connectivity index (χ1n) is 12.0. The molecule has 0 spiro atoms. The summed E-state index contributed by atoms with van der Waals surface area (Å²) in [5, 5.41) is 21.5. The van der Waals surface area contributed by atoms with E-state index in [0.717, 1.165) is 38.7 Å². The monoisotopic (exact) mass is 425 g/mol. The fraction of sp³-hybridized carbons (Fsp3) is 0.917. The van der Waals surface area contributed by atoms with E-state index in [9.17, 15) is 9.59 Å². The van der Waals surface area contributed by atoms with Crippen LogP contribution >= 0.6 is 0 Å². The quantitative estimate of drug-likeness (QED) is 0.252. The van der Waals surface area contributed by atoms with Crippen LogP contribution in [-0.2, 0) is 14.3 Å². The molecule has 6 heteroatoms. The van der Waals surface area contributed by atoms with Gasteiger partial charge in [0.1, 0.15) is 0 Å². The van der Waals surface area contributed by atoms with E-state index >= 15 is 0 Å². The van der Waals surface area contributed by atoms with Gasteiger partial charge in [0.15, 0.2) is 5.92 Å². The highest BCUT2D eigenvalue weighted by atomic mass is 16.5. The predicted molar refractivity (Wildman–Crippen MR) is 118 cm³/mol. The molecule has 3 atom stereocenters. The van der Waals surface area contributed by atoms with Crippen LogP contribution < -0.4 is 5.32 Å². The zero-order chi connectivity index (χ0) is 22.2. The van der Waals surface area contributed by atoms with E-state index in [1.807, 2.05) is 0 Å². The number of ether oxygens (including phenoxy) is 1. The molecule has 1 saturated carbocycles. The van der Waals surface area contributed by atoms with Gasteiger partial charge in [0.2, 0.25) is 0 Å². The summed E-state index contributed by atoms with van der Waals surface area (Å²) in [6, 6.07) is 0. The summed E-state index contributed by atoms with van der Waals surface area (Å²) in [7, 11) is 0. The summed E-state index contributed by atoms with van der Waals surface area (Å²) in [6.45, 7) is 7.86. The Labute approximate surface area is 182 Å². The van der Waals surface area contributed by atoms with Gasteiger partial charge in [-0.1, -0.05) is 51.4 Å². The number of carboxylic acids is 2. The van der Waals surface area contributed by atoms with Crippen LogP contribution in [0.2, 0.25) is 0 Å². The predicted octanol–water partition coefficient (Wildman–Crippen LogP) is 5.00. The number of carboxylic acid groups (broad SMARTS) is 2. The van der Waals surface area contributed by atoms with Crippen LogP contribution in [0.4, 0.5) is 0 Å². The molecule has 0 aromatic carbocycles. The lowest BCUT2D eigenvalue weighted by atomic mass is 9.63. The lowest BCUT2D eigenvalue weighted by molar-refractivity contribution is -0.154. The Balaban J connectivity index is 1.43. The molecule has 2 saturated heterocycles. The smallest absolute Gasteiger partial charge is 0.317 e. The number of fused-ring (bicyclic) bond motifs is 3. The summed E-state index contributed by atoms with van der Waals surface area (Å²) in [4.78, 5) is 21.7. The second-order valence-electron chi connectivity index (χ2n) is 10.4. The van der Waals surface area contributed by atoms with Gasteiger partial charge >= 0.3 is 11.9 Å². The second-order valence-corrected chi connectivity index (χ2v) is 10.4. The highest BCUT2D eigenvalue weighted by Crippen LogP contribution is 2.46. The van der Waals surface area contributed by atoms with Gasteiger partial charge in [-0.15, -0.1) is 0 Å². The summed E-state index contributed by atoms with van der Waals surface area (Å²) in [6.07, 6.45) is 14.1. The number of nitrogens with one attached hydrogen (secondary N) is 1. The molecule has 0 radical (unpaired) electrons. The molecule has 0 amide bonds. The van der Waals surface area contributed by atoms with Crippen molar-refractivity contribution in [3.05, 3.63) is 0 Å². The fourth-order valence-corrected chi connectivity index (χ4v) is 5.61. The van der Waals surface area contributed by atoms with Gasteiger partial charge in [-0.3, -0.25) is 9.59 Å². The lowest BCUT2D eigenvalue weighted by Crippen LogP contribution is -2.69. The van der Waals surface area contributed by atoms with Crippen molar-refractivity contribution in [3.8, 4) is 0 Å². The number of unbranched alkanes of at least 4 members (excludes halogenated alkanes) is 8. The molecule has 0 aromatic heterocycles. The van der Waals surface area contributed by atoms with Crippen LogP contribution in [-0.4, -0.2) is 45.9 Å². The normalized spacial score (nSPS) is 27.5. The van der Waals surface area contributed by atoms with Gasteiger partial charge < -0.3 is 20.3 Å². The molecule has 3 unspecified atom stereocenters. The Kier molecular flexibility index (Phi) is 9.61. The van der Waals surface area contributed by atoms with Gasteiger partial charge in [0.05, 0.1) is 6.10 Å². The van der Waals surface area contributed by atoms with Gasteiger partial charge in [0.25, 0.3) is 0 Å². The summed E-state index contributed by atoms with van der Waals surface area (Å²) in [5.41, 5.74) is 0.420. The molecule has 3 fully saturated rings. The van der Waals surface area contributed by atoms with E-state index < -0.39 is 17.9 Å². The maximum atomic E-state index is 10.8. The molecule has 2 bridgehead atoms.